The topological polar surface area (TPSA) is 122 Å². The number of para-hydroxylation sites is 1. The monoisotopic (exact) mass is 518 g/mol. The van der Waals surface area contributed by atoms with Crippen molar-refractivity contribution in [2.75, 3.05) is 26.1 Å². The number of fused-ring (bicyclic) bond motifs is 1. The number of sulfonamides is 1. The second kappa shape index (κ2) is 10.1. The summed E-state index contributed by atoms with van der Waals surface area (Å²) in [5, 5.41) is 5.42. The van der Waals surface area contributed by atoms with Gasteiger partial charge < -0.3 is 4.74 Å². The largest absolute Gasteiger partial charge is 0.490 e. The maximum atomic E-state index is 15.0. The summed E-state index contributed by atoms with van der Waals surface area (Å²) >= 11 is 0. The molecular weight excluding hydrogens is 491 g/mol. The van der Waals surface area contributed by atoms with Gasteiger partial charge >= 0.3 is 0 Å². The highest BCUT2D eigenvalue weighted by Crippen LogP contribution is 2.42. The Morgan fingerprint density at radius 2 is 2.03 bits per heavy atom. The van der Waals surface area contributed by atoms with E-state index in [1.54, 1.807) is 4.68 Å². The molecule has 192 valence electrons. The van der Waals surface area contributed by atoms with Gasteiger partial charge in [-0.15, -0.1) is 0 Å². The van der Waals surface area contributed by atoms with E-state index in [0.29, 0.717) is 24.1 Å². The van der Waals surface area contributed by atoms with Gasteiger partial charge in [0, 0.05) is 17.9 Å². The van der Waals surface area contributed by atoms with Crippen LogP contribution in [0.15, 0.2) is 36.4 Å². The summed E-state index contributed by atoms with van der Waals surface area (Å²) in [5.41, 5.74) is 1.64. The molecule has 0 spiro atoms. The normalized spacial score (nSPS) is 19.6. The molecule has 0 radical (unpaired) electrons. The minimum Gasteiger partial charge on any atom is -0.490 e. The second-order valence-electron chi connectivity index (χ2n) is 9.15. The Bertz CT molecular complexity index is 1350. The van der Waals surface area contributed by atoms with Crippen LogP contribution in [0.5, 0.6) is 5.75 Å². The molecule has 2 fully saturated rings. The number of hydrogen-bond donors (Lipinski definition) is 1. The molecule has 1 saturated heterocycles. The smallest absolute Gasteiger partial charge is 0.283 e. The highest BCUT2D eigenvalue weighted by atomic mass is 32.2. The van der Waals surface area contributed by atoms with Crippen LogP contribution in [-0.2, 0) is 19.8 Å². The summed E-state index contributed by atoms with van der Waals surface area (Å²) in [6.45, 7) is 0.147. The van der Waals surface area contributed by atoms with E-state index in [0.717, 1.165) is 36.9 Å². The molecule has 1 unspecified atom stereocenters. The number of pyridine rings is 1. The summed E-state index contributed by atoms with van der Waals surface area (Å²) in [6, 6.07) is 10.6. The Morgan fingerprint density at radius 1 is 1.25 bits per heavy atom. The lowest BCUT2D eigenvalue weighted by atomic mass is 9.82. The van der Waals surface area contributed by atoms with Gasteiger partial charge in [0.1, 0.15) is 24.2 Å². The zero-order valence-corrected chi connectivity index (χ0v) is 20.5. The van der Waals surface area contributed by atoms with Gasteiger partial charge in [0.25, 0.3) is 5.91 Å². The number of halogens is 1. The third kappa shape index (κ3) is 5.20. The van der Waals surface area contributed by atoms with Crippen molar-refractivity contribution >= 4 is 27.0 Å². The Balaban J connectivity index is 1.60. The first-order valence-electron chi connectivity index (χ1n) is 11.8. The maximum absolute atomic E-state index is 15.0. The van der Waals surface area contributed by atoms with Crippen molar-refractivity contribution in [2.24, 2.45) is 5.92 Å². The summed E-state index contributed by atoms with van der Waals surface area (Å²) in [4.78, 5) is 27.0. The van der Waals surface area contributed by atoms with Crippen LogP contribution in [0.2, 0.25) is 0 Å². The van der Waals surface area contributed by atoms with E-state index in [2.05, 4.69) is 4.98 Å². The third-order valence-corrected chi connectivity index (χ3v) is 7.04. The van der Waals surface area contributed by atoms with Crippen molar-refractivity contribution in [2.45, 2.75) is 37.8 Å². The summed E-state index contributed by atoms with van der Waals surface area (Å²) in [6.07, 6.45) is 3.01. The number of carbonyl (C=O) groups excluding carboxylic acids is 1. The molecule has 2 atom stereocenters. The standard InChI is InChI=1S/C24H27FN4O6S/c1-36(31,32)28-24(30)19-12-20(33-14-18(25)16-10-11-34-35-13-16)21-22(15-6-5-7-15)27-29(23(21)26-19)17-8-3-2-4-9-17/h2-4,8-9,12,15-16,18H,5-7,10-11,13-14H2,1H3,(H,28,30)/t16?,18-/m0/s1. The number of benzene rings is 1. The second-order valence-corrected chi connectivity index (χ2v) is 10.9. The minimum atomic E-state index is -3.83. The molecule has 12 heteroatoms. The maximum Gasteiger partial charge on any atom is 0.283 e. The van der Waals surface area contributed by atoms with Gasteiger partial charge in [0.2, 0.25) is 10.0 Å². The quantitative estimate of drug-likeness (QED) is 0.452. The number of nitrogens with zero attached hydrogens (tertiary/aromatic N) is 3. The fourth-order valence-corrected chi connectivity index (χ4v) is 4.78. The fourth-order valence-electron chi connectivity index (χ4n) is 4.34. The minimum absolute atomic E-state index is 0.123. The van der Waals surface area contributed by atoms with Crippen LogP contribution >= 0.6 is 0 Å². The van der Waals surface area contributed by atoms with Crippen molar-refractivity contribution in [3.8, 4) is 11.4 Å². The lowest BCUT2D eigenvalue weighted by Gasteiger charge is -2.25. The Morgan fingerprint density at radius 3 is 2.67 bits per heavy atom. The molecule has 5 rings (SSSR count). The summed E-state index contributed by atoms with van der Waals surface area (Å²) in [7, 11) is -3.83. The molecule has 3 heterocycles. The first-order valence-corrected chi connectivity index (χ1v) is 13.7. The van der Waals surface area contributed by atoms with Crippen LogP contribution in [0.3, 0.4) is 0 Å². The molecule has 2 aliphatic rings. The van der Waals surface area contributed by atoms with Crippen LogP contribution in [0.25, 0.3) is 16.7 Å². The molecule has 1 amide bonds. The van der Waals surface area contributed by atoms with Crippen LogP contribution in [0.1, 0.15) is 47.8 Å². The molecule has 1 saturated carbocycles. The van der Waals surface area contributed by atoms with Crippen LogP contribution in [-0.4, -0.2) is 61.3 Å². The van der Waals surface area contributed by atoms with Gasteiger partial charge in [0.15, 0.2) is 5.65 Å². The van der Waals surface area contributed by atoms with E-state index in [1.165, 1.54) is 6.07 Å². The van der Waals surface area contributed by atoms with Crippen LogP contribution in [0.4, 0.5) is 4.39 Å². The van der Waals surface area contributed by atoms with E-state index in [9.17, 15) is 13.2 Å². The SMILES string of the molecule is CS(=O)(=O)NC(=O)c1cc(OC[C@H](F)C2CCOOC2)c2c(C3CCC3)nn(-c3ccccc3)c2n1. The number of nitrogens with one attached hydrogen (secondary N) is 1. The van der Waals surface area contributed by atoms with Crippen molar-refractivity contribution in [3.05, 3.63) is 47.8 Å². The summed E-state index contributed by atoms with van der Waals surface area (Å²) < 4.78 is 47.9. The Labute approximate surface area is 207 Å². The van der Waals surface area contributed by atoms with Crippen molar-refractivity contribution < 1.29 is 32.1 Å². The zero-order valence-electron chi connectivity index (χ0n) is 19.7. The first kappa shape index (κ1) is 24.6. The van der Waals surface area contributed by atoms with E-state index in [1.807, 2.05) is 35.1 Å². The van der Waals surface area contributed by atoms with E-state index < -0.39 is 22.1 Å². The predicted octanol–water partition coefficient (Wildman–Crippen LogP) is 3.06. The molecule has 1 aliphatic carbocycles. The number of aromatic nitrogens is 3. The predicted molar refractivity (Wildman–Crippen MR) is 128 cm³/mol. The van der Waals surface area contributed by atoms with Crippen molar-refractivity contribution in [1.29, 1.82) is 0 Å². The fraction of sp³-hybridized carbons (Fsp3) is 0.458. The lowest BCUT2D eigenvalue weighted by Crippen LogP contribution is -2.32. The van der Waals surface area contributed by atoms with Gasteiger partial charge in [-0.25, -0.2) is 37.0 Å². The van der Waals surface area contributed by atoms with E-state index in [-0.39, 0.29) is 36.5 Å². The molecule has 0 bridgehead atoms. The average Bonchev–Trinajstić information content (AvgIpc) is 3.20. The Hall–Kier alpha value is -3.09. The number of ether oxygens (including phenoxy) is 1. The number of amides is 1. The molecule has 10 nitrogen and oxygen atoms in total. The lowest BCUT2D eigenvalue weighted by molar-refractivity contribution is -0.328. The zero-order chi connectivity index (χ0) is 25.3. The van der Waals surface area contributed by atoms with Gasteiger partial charge in [0.05, 0.1) is 36.2 Å². The molecule has 3 aromatic rings. The van der Waals surface area contributed by atoms with Gasteiger partial charge in [-0.2, -0.15) is 5.10 Å². The van der Waals surface area contributed by atoms with Crippen molar-refractivity contribution in [1.82, 2.24) is 19.5 Å². The van der Waals surface area contributed by atoms with Crippen molar-refractivity contribution in [3.63, 3.8) is 0 Å². The number of alkyl halides is 1. The molecule has 36 heavy (non-hydrogen) atoms. The van der Waals surface area contributed by atoms with Crippen LogP contribution < -0.4 is 9.46 Å². The molecule has 2 aromatic heterocycles. The van der Waals surface area contributed by atoms with E-state index >= 15 is 4.39 Å². The number of rotatable bonds is 8. The average molecular weight is 519 g/mol. The Kier molecular flexibility index (Phi) is 6.91. The molecular formula is C24H27FN4O6S. The summed E-state index contributed by atoms with van der Waals surface area (Å²) in [5.74, 6) is -0.882. The number of hydrogen-bond acceptors (Lipinski definition) is 8. The third-order valence-electron chi connectivity index (χ3n) is 6.48. The molecule has 1 aliphatic heterocycles. The van der Waals surface area contributed by atoms with E-state index in [4.69, 9.17) is 19.6 Å². The molecule has 1 aromatic carbocycles. The van der Waals surface area contributed by atoms with Gasteiger partial charge in [-0.05, 0) is 31.4 Å². The number of carbonyl (C=O) groups is 1. The highest BCUT2D eigenvalue weighted by molar-refractivity contribution is 7.89. The highest BCUT2D eigenvalue weighted by Gasteiger charge is 2.31. The first-order chi connectivity index (χ1) is 17.3. The van der Waals surface area contributed by atoms with Crippen LogP contribution in [0, 0.1) is 5.92 Å². The van der Waals surface area contributed by atoms with Gasteiger partial charge in [-0.3, -0.25) is 4.79 Å². The van der Waals surface area contributed by atoms with Gasteiger partial charge in [-0.1, -0.05) is 24.6 Å². The molecule has 1 N–H and O–H groups in total.